The Labute approximate surface area is 132 Å². The van der Waals surface area contributed by atoms with Crippen molar-refractivity contribution in [3.63, 3.8) is 0 Å². The summed E-state index contributed by atoms with van der Waals surface area (Å²) >= 11 is 0. The fourth-order valence-electron chi connectivity index (χ4n) is 2.73. The van der Waals surface area contributed by atoms with Crippen LogP contribution in [-0.4, -0.2) is 70.9 Å². The number of halogens is 1. The summed E-state index contributed by atoms with van der Waals surface area (Å²) in [4.78, 5) is 13.8. The molecule has 0 aromatic rings. The van der Waals surface area contributed by atoms with Gasteiger partial charge in [0.15, 0.2) is 0 Å². The van der Waals surface area contributed by atoms with Crippen molar-refractivity contribution in [2.75, 3.05) is 51.7 Å². The summed E-state index contributed by atoms with van der Waals surface area (Å²) < 4.78 is 30.6. The third-order valence-electron chi connectivity index (χ3n) is 3.89. The number of nitrogens with zero attached hydrogens (tertiary/aromatic N) is 1. The lowest BCUT2D eigenvalue weighted by Gasteiger charge is -2.17. The van der Waals surface area contributed by atoms with E-state index in [-0.39, 0.29) is 37.2 Å². The number of ether oxygens (including phenoxy) is 1. The van der Waals surface area contributed by atoms with Crippen molar-refractivity contribution < 1.29 is 17.9 Å². The van der Waals surface area contributed by atoms with Crippen LogP contribution in [0.1, 0.15) is 6.92 Å². The number of fused-ring (bicyclic) bond motifs is 1. The van der Waals surface area contributed by atoms with Crippen LogP contribution in [0.25, 0.3) is 0 Å². The van der Waals surface area contributed by atoms with Crippen molar-refractivity contribution in [1.29, 1.82) is 0 Å². The second-order valence-electron chi connectivity index (χ2n) is 5.31. The molecular formula is C12H24ClN3O4S. The number of carbonyl (C=O) groups excluding carboxylic acids is 1. The highest BCUT2D eigenvalue weighted by molar-refractivity contribution is 7.89. The molecule has 9 heteroatoms. The summed E-state index contributed by atoms with van der Waals surface area (Å²) in [5.74, 6) is 0.796. The lowest BCUT2D eigenvalue weighted by atomic mass is 10.0. The molecule has 0 aromatic carbocycles. The van der Waals surface area contributed by atoms with Gasteiger partial charge < -0.3 is 15.0 Å². The van der Waals surface area contributed by atoms with Crippen LogP contribution in [0.4, 0.5) is 0 Å². The van der Waals surface area contributed by atoms with Crippen LogP contribution in [0.5, 0.6) is 0 Å². The van der Waals surface area contributed by atoms with E-state index in [4.69, 9.17) is 4.74 Å². The summed E-state index contributed by atoms with van der Waals surface area (Å²) in [6.45, 7) is 5.67. The molecular weight excluding hydrogens is 318 g/mol. The van der Waals surface area contributed by atoms with Crippen molar-refractivity contribution in [1.82, 2.24) is 14.9 Å². The number of carbonyl (C=O) groups is 1. The zero-order valence-corrected chi connectivity index (χ0v) is 13.8. The monoisotopic (exact) mass is 341 g/mol. The second kappa shape index (κ2) is 8.28. The normalized spacial score (nSPS) is 24.7. The SMILES string of the molecule is CCOCCS(=O)(=O)NCC(=O)N1C[C@H]2CNC[C@H]2C1.Cl. The molecule has 21 heavy (non-hydrogen) atoms. The number of hydrogen-bond donors (Lipinski definition) is 2. The molecule has 2 rings (SSSR count). The van der Waals surface area contributed by atoms with Crippen LogP contribution in [0.3, 0.4) is 0 Å². The van der Waals surface area contributed by atoms with Gasteiger partial charge in [-0.2, -0.15) is 0 Å². The van der Waals surface area contributed by atoms with Crippen LogP contribution >= 0.6 is 12.4 Å². The van der Waals surface area contributed by atoms with Crippen molar-refractivity contribution in [2.45, 2.75) is 6.92 Å². The van der Waals surface area contributed by atoms with E-state index < -0.39 is 10.0 Å². The Morgan fingerprint density at radius 2 is 1.95 bits per heavy atom. The molecule has 0 aliphatic carbocycles. The Morgan fingerprint density at radius 3 is 2.52 bits per heavy atom. The van der Waals surface area contributed by atoms with Gasteiger partial charge in [-0.05, 0) is 18.8 Å². The highest BCUT2D eigenvalue weighted by Gasteiger charge is 2.37. The molecule has 2 aliphatic rings. The summed E-state index contributed by atoms with van der Waals surface area (Å²) in [5.41, 5.74) is 0. The zero-order chi connectivity index (χ0) is 14.6. The van der Waals surface area contributed by atoms with Crippen molar-refractivity contribution in [3.05, 3.63) is 0 Å². The number of rotatable bonds is 7. The quantitative estimate of drug-likeness (QED) is 0.582. The average molecular weight is 342 g/mol. The molecule has 0 radical (unpaired) electrons. The van der Waals surface area contributed by atoms with E-state index in [0.29, 0.717) is 18.4 Å². The minimum atomic E-state index is -3.43. The molecule has 0 spiro atoms. The van der Waals surface area contributed by atoms with Gasteiger partial charge in [0.05, 0.1) is 18.9 Å². The summed E-state index contributed by atoms with van der Waals surface area (Å²) in [7, 11) is -3.43. The van der Waals surface area contributed by atoms with Gasteiger partial charge in [-0.3, -0.25) is 4.79 Å². The first-order chi connectivity index (χ1) is 9.52. The average Bonchev–Trinajstić information content (AvgIpc) is 2.97. The van der Waals surface area contributed by atoms with E-state index >= 15 is 0 Å². The fraction of sp³-hybridized carbons (Fsp3) is 0.917. The second-order valence-corrected chi connectivity index (χ2v) is 7.24. The molecule has 7 nitrogen and oxygen atoms in total. The third-order valence-corrected chi connectivity index (χ3v) is 5.17. The van der Waals surface area contributed by atoms with Gasteiger partial charge in [0, 0.05) is 32.8 Å². The Balaban J connectivity index is 0.00000220. The van der Waals surface area contributed by atoms with Gasteiger partial charge in [0.25, 0.3) is 0 Å². The van der Waals surface area contributed by atoms with Gasteiger partial charge >= 0.3 is 0 Å². The van der Waals surface area contributed by atoms with Crippen molar-refractivity contribution in [3.8, 4) is 0 Å². The molecule has 0 unspecified atom stereocenters. The van der Waals surface area contributed by atoms with Gasteiger partial charge in [0.1, 0.15) is 0 Å². The van der Waals surface area contributed by atoms with Crippen LogP contribution in [0.2, 0.25) is 0 Å². The Hall–Kier alpha value is -0.410. The standard InChI is InChI=1S/C12H23N3O4S.ClH/c1-2-19-3-4-20(17,18)14-7-12(16)15-8-10-5-13-6-11(10)9-15;/h10-11,13-14H,2-9H2,1H3;1H/t10-,11+;. The number of sulfonamides is 1. The topological polar surface area (TPSA) is 87.7 Å². The van der Waals surface area contributed by atoms with Gasteiger partial charge in [-0.25, -0.2) is 13.1 Å². The van der Waals surface area contributed by atoms with Crippen molar-refractivity contribution in [2.24, 2.45) is 11.8 Å². The van der Waals surface area contributed by atoms with E-state index in [0.717, 1.165) is 26.2 Å². The van der Waals surface area contributed by atoms with Crippen molar-refractivity contribution >= 4 is 28.3 Å². The van der Waals surface area contributed by atoms with Gasteiger partial charge in [-0.15, -0.1) is 12.4 Å². The lowest BCUT2D eigenvalue weighted by Crippen LogP contribution is -2.41. The number of likely N-dealkylation sites (tertiary alicyclic amines) is 1. The van der Waals surface area contributed by atoms with Crippen LogP contribution in [-0.2, 0) is 19.6 Å². The van der Waals surface area contributed by atoms with E-state index in [1.165, 1.54) is 0 Å². The number of nitrogens with one attached hydrogen (secondary N) is 2. The third kappa shape index (κ3) is 5.37. The molecule has 2 saturated heterocycles. The predicted octanol–water partition coefficient (Wildman–Crippen LogP) is -0.958. The molecule has 2 aliphatic heterocycles. The van der Waals surface area contributed by atoms with E-state index in [2.05, 4.69) is 10.0 Å². The molecule has 1 amide bonds. The molecule has 2 atom stereocenters. The minimum Gasteiger partial charge on any atom is -0.381 e. The molecule has 2 N–H and O–H groups in total. The first-order valence-corrected chi connectivity index (χ1v) is 8.70. The van der Waals surface area contributed by atoms with Gasteiger partial charge in [0.2, 0.25) is 15.9 Å². The van der Waals surface area contributed by atoms with E-state index in [9.17, 15) is 13.2 Å². The first kappa shape index (κ1) is 18.6. The fourth-order valence-corrected chi connectivity index (χ4v) is 3.55. The maximum Gasteiger partial charge on any atom is 0.237 e. The molecule has 124 valence electrons. The lowest BCUT2D eigenvalue weighted by molar-refractivity contribution is -0.129. The Morgan fingerprint density at radius 1 is 1.33 bits per heavy atom. The minimum absolute atomic E-state index is 0. The highest BCUT2D eigenvalue weighted by Crippen LogP contribution is 2.25. The predicted molar refractivity (Wildman–Crippen MR) is 82.0 cm³/mol. The Bertz CT molecular complexity index is 434. The first-order valence-electron chi connectivity index (χ1n) is 7.05. The van der Waals surface area contributed by atoms with E-state index in [1.54, 1.807) is 4.90 Å². The van der Waals surface area contributed by atoms with Crippen LogP contribution in [0.15, 0.2) is 0 Å². The largest absolute Gasteiger partial charge is 0.381 e. The smallest absolute Gasteiger partial charge is 0.237 e. The summed E-state index contributed by atoms with van der Waals surface area (Å²) in [6, 6.07) is 0. The maximum absolute atomic E-state index is 12.0. The zero-order valence-electron chi connectivity index (χ0n) is 12.2. The summed E-state index contributed by atoms with van der Waals surface area (Å²) in [5, 5.41) is 3.31. The highest BCUT2D eigenvalue weighted by atomic mass is 35.5. The molecule has 2 fully saturated rings. The number of hydrogen-bond acceptors (Lipinski definition) is 5. The summed E-state index contributed by atoms with van der Waals surface area (Å²) in [6.07, 6.45) is 0. The molecule has 0 bridgehead atoms. The molecule has 0 aromatic heterocycles. The molecule has 0 saturated carbocycles. The van der Waals surface area contributed by atoms with Gasteiger partial charge in [-0.1, -0.05) is 0 Å². The molecule has 2 heterocycles. The number of amides is 1. The van der Waals surface area contributed by atoms with Crippen LogP contribution < -0.4 is 10.0 Å². The maximum atomic E-state index is 12.0. The Kier molecular flexibility index (Phi) is 7.35. The van der Waals surface area contributed by atoms with E-state index in [1.807, 2.05) is 6.92 Å². The van der Waals surface area contributed by atoms with Crippen LogP contribution in [0, 0.1) is 11.8 Å².